The number of hydrogen-bond donors (Lipinski definition) is 1. The van der Waals surface area contributed by atoms with E-state index in [0.29, 0.717) is 5.75 Å². The van der Waals surface area contributed by atoms with Crippen LogP contribution in [0.1, 0.15) is 20.8 Å². The van der Waals surface area contributed by atoms with Crippen molar-refractivity contribution in [2.24, 2.45) is 5.90 Å². The van der Waals surface area contributed by atoms with Gasteiger partial charge in [-0.1, -0.05) is 12.1 Å². The van der Waals surface area contributed by atoms with E-state index < -0.39 is 17.7 Å². The van der Waals surface area contributed by atoms with Crippen molar-refractivity contribution < 1.29 is 52.3 Å². The van der Waals surface area contributed by atoms with Crippen molar-refractivity contribution >= 4 is 5.97 Å². The molecule has 0 amide bonds. The van der Waals surface area contributed by atoms with E-state index in [1.807, 2.05) is 35.1 Å². The van der Waals surface area contributed by atoms with Gasteiger partial charge in [0.2, 0.25) is 6.10 Å². The lowest BCUT2D eigenvalue weighted by Gasteiger charge is -2.37. The van der Waals surface area contributed by atoms with Gasteiger partial charge in [-0.25, -0.2) is 10.7 Å². The molecule has 0 saturated carbocycles. The van der Waals surface area contributed by atoms with Gasteiger partial charge in [-0.15, -0.1) is 0 Å². The summed E-state index contributed by atoms with van der Waals surface area (Å²) in [5.41, 5.74) is 1.45. The molecule has 1 aliphatic heterocycles. The quantitative estimate of drug-likeness (QED) is 0.178. The van der Waals surface area contributed by atoms with Crippen LogP contribution < -0.4 is 34.6 Å². The minimum atomic E-state index is -0.997. The van der Waals surface area contributed by atoms with Crippen molar-refractivity contribution in [2.75, 3.05) is 46.5 Å². The van der Waals surface area contributed by atoms with Crippen LogP contribution in [0.5, 0.6) is 5.75 Å². The molecule has 184 valence electrons. The van der Waals surface area contributed by atoms with Gasteiger partial charge >= 0.3 is 5.97 Å². The van der Waals surface area contributed by atoms with E-state index >= 15 is 0 Å². The van der Waals surface area contributed by atoms with Crippen LogP contribution in [0.3, 0.4) is 0 Å². The Morgan fingerprint density at radius 3 is 2.48 bits per heavy atom. The number of quaternary nitrogens is 1. The number of morpholine rings is 1. The standard InChI is InChI=1S/C23H35N4O5.HI/c1-23(2,3)31-22(28)21(32-24)17-30-20-7-5-18(6-8-20)19-15-25-26(16-19)9-10-27(4)11-13-29-14-12-27;/h5-8,15-16,21H,9-14,17,24H2,1-4H3;1H/q+1;/p-1. The monoisotopic (exact) mass is 574 g/mol. The number of nitrogens with two attached hydrogens (primary N) is 1. The van der Waals surface area contributed by atoms with E-state index in [1.165, 1.54) is 0 Å². The van der Waals surface area contributed by atoms with Crippen molar-refractivity contribution in [3.8, 4) is 16.9 Å². The van der Waals surface area contributed by atoms with Crippen molar-refractivity contribution in [3.63, 3.8) is 0 Å². The summed E-state index contributed by atoms with van der Waals surface area (Å²) < 4.78 is 19.4. The van der Waals surface area contributed by atoms with Gasteiger partial charge in [0.05, 0.1) is 39.5 Å². The Bertz CT molecular complexity index is 876. The van der Waals surface area contributed by atoms with E-state index in [4.69, 9.17) is 24.9 Å². The maximum Gasteiger partial charge on any atom is 0.341 e. The van der Waals surface area contributed by atoms with Gasteiger partial charge in [-0.05, 0) is 38.5 Å². The molecule has 0 aliphatic carbocycles. The molecule has 1 aliphatic rings. The Balaban J connectivity index is 0.00000385. The second-order valence-corrected chi connectivity index (χ2v) is 9.39. The molecule has 0 radical (unpaired) electrons. The van der Waals surface area contributed by atoms with Gasteiger partial charge in [0.25, 0.3) is 0 Å². The molecule has 1 aromatic carbocycles. The summed E-state index contributed by atoms with van der Waals surface area (Å²) in [5.74, 6) is 5.29. The lowest BCUT2D eigenvalue weighted by Crippen LogP contribution is -3.00. The number of rotatable bonds is 9. The number of carbonyl (C=O) groups is 1. The molecule has 1 aromatic heterocycles. The number of esters is 1. The fourth-order valence-corrected chi connectivity index (χ4v) is 3.43. The first-order valence-corrected chi connectivity index (χ1v) is 10.9. The fraction of sp³-hybridized carbons (Fsp3) is 0.565. The molecule has 3 rings (SSSR count). The van der Waals surface area contributed by atoms with Crippen molar-refractivity contribution in [1.29, 1.82) is 0 Å². The predicted molar refractivity (Wildman–Crippen MR) is 120 cm³/mol. The van der Waals surface area contributed by atoms with Crippen LogP contribution in [-0.2, 0) is 25.7 Å². The minimum absolute atomic E-state index is 0. The van der Waals surface area contributed by atoms with Gasteiger partial charge in [0, 0.05) is 11.8 Å². The van der Waals surface area contributed by atoms with Crippen LogP contribution in [0, 0.1) is 0 Å². The van der Waals surface area contributed by atoms with Gasteiger partial charge in [-0.2, -0.15) is 5.10 Å². The molecular formula is C23H35IN4O5. The largest absolute Gasteiger partial charge is 1.00 e. The van der Waals surface area contributed by atoms with E-state index in [2.05, 4.69) is 18.3 Å². The molecule has 2 aromatic rings. The first kappa shape index (κ1) is 27.5. The molecular weight excluding hydrogens is 539 g/mol. The van der Waals surface area contributed by atoms with Crippen LogP contribution in [-0.4, -0.2) is 78.4 Å². The van der Waals surface area contributed by atoms with Gasteiger partial charge < -0.3 is 42.7 Å². The summed E-state index contributed by atoms with van der Waals surface area (Å²) >= 11 is 0. The summed E-state index contributed by atoms with van der Waals surface area (Å²) in [4.78, 5) is 16.8. The summed E-state index contributed by atoms with van der Waals surface area (Å²) in [6.45, 7) is 10.9. The SMILES string of the molecule is CC(C)(C)OC(=O)C(COc1ccc(-c2cnn(CC[N+]3(C)CCOCC3)c2)cc1)ON.[I-]. The highest BCUT2D eigenvalue weighted by molar-refractivity contribution is 5.75. The number of carbonyl (C=O) groups excluding carboxylic acids is 1. The normalized spacial score (nSPS) is 16.5. The number of nitrogens with zero attached hydrogens (tertiary/aromatic N) is 3. The third kappa shape index (κ3) is 8.53. The van der Waals surface area contributed by atoms with Crippen molar-refractivity contribution in [3.05, 3.63) is 36.7 Å². The minimum Gasteiger partial charge on any atom is -1.00 e. The average molecular weight is 574 g/mol. The molecule has 2 heterocycles. The number of benzene rings is 1. The summed E-state index contributed by atoms with van der Waals surface area (Å²) in [6, 6.07) is 7.60. The third-order valence-electron chi connectivity index (χ3n) is 5.48. The lowest BCUT2D eigenvalue weighted by molar-refractivity contribution is -0.917. The molecule has 10 heteroatoms. The Hall–Kier alpha value is -1.73. The molecule has 1 unspecified atom stereocenters. The van der Waals surface area contributed by atoms with Gasteiger partial charge in [-0.3, -0.25) is 9.52 Å². The van der Waals surface area contributed by atoms with Crippen molar-refractivity contribution in [1.82, 2.24) is 9.78 Å². The Labute approximate surface area is 212 Å². The van der Waals surface area contributed by atoms with Crippen molar-refractivity contribution in [2.45, 2.75) is 39.0 Å². The first-order valence-electron chi connectivity index (χ1n) is 10.9. The van der Waals surface area contributed by atoms with E-state index in [1.54, 1.807) is 20.8 Å². The lowest BCUT2D eigenvalue weighted by atomic mass is 10.1. The van der Waals surface area contributed by atoms with Crippen LogP contribution in [0.15, 0.2) is 36.7 Å². The molecule has 2 N–H and O–H groups in total. The van der Waals surface area contributed by atoms with Crippen LogP contribution >= 0.6 is 0 Å². The third-order valence-corrected chi connectivity index (χ3v) is 5.48. The molecule has 1 atom stereocenters. The van der Waals surface area contributed by atoms with E-state index in [9.17, 15) is 4.79 Å². The first-order chi connectivity index (χ1) is 15.2. The molecule has 0 spiro atoms. The Morgan fingerprint density at radius 1 is 1.21 bits per heavy atom. The van der Waals surface area contributed by atoms with E-state index in [0.717, 1.165) is 55.0 Å². The number of aromatic nitrogens is 2. The number of halogens is 1. The zero-order chi connectivity index (χ0) is 23.2. The molecule has 1 fully saturated rings. The second-order valence-electron chi connectivity index (χ2n) is 9.39. The van der Waals surface area contributed by atoms with E-state index in [-0.39, 0.29) is 30.6 Å². The number of hydrogen-bond acceptors (Lipinski definition) is 7. The Kier molecular flexibility index (Phi) is 10.1. The maximum atomic E-state index is 12.1. The molecule has 1 saturated heterocycles. The molecule has 9 nitrogen and oxygen atoms in total. The Morgan fingerprint density at radius 2 is 1.88 bits per heavy atom. The second kappa shape index (κ2) is 12.1. The van der Waals surface area contributed by atoms with Gasteiger partial charge in [0.15, 0.2) is 0 Å². The highest BCUT2D eigenvalue weighted by Gasteiger charge is 2.27. The smallest absolute Gasteiger partial charge is 0.341 e. The average Bonchev–Trinajstić information content (AvgIpc) is 3.22. The summed E-state index contributed by atoms with van der Waals surface area (Å²) in [5, 5.41) is 4.51. The maximum absolute atomic E-state index is 12.1. The fourth-order valence-electron chi connectivity index (χ4n) is 3.43. The topological polar surface area (TPSA) is 97.8 Å². The predicted octanol–water partition coefficient (Wildman–Crippen LogP) is -0.990. The highest BCUT2D eigenvalue weighted by Crippen LogP contribution is 2.22. The summed E-state index contributed by atoms with van der Waals surface area (Å²) in [6.07, 6.45) is 2.93. The van der Waals surface area contributed by atoms with Crippen LogP contribution in [0.25, 0.3) is 11.1 Å². The van der Waals surface area contributed by atoms with Crippen LogP contribution in [0.4, 0.5) is 0 Å². The van der Waals surface area contributed by atoms with Crippen LogP contribution in [0.2, 0.25) is 0 Å². The summed E-state index contributed by atoms with van der Waals surface area (Å²) in [7, 11) is 2.27. The van der Waals surface area contributed by atoms with Gasteiger partial charge in [0.1, 0.15) is 31.0 Å². The highest BCUT2D eigenvalue weighted by atomic mass is 127. The molecule has 0 bridgehead atoms. The number of likely N-dealkylation sites (N-methyl/N-ethyl adjacent to an activating group) is 1. The number of ether oxygens (including phenoxy) is 3. The zero-order valence-corrected chi connectivity index (χ0v) is 22.0. The molecule has 33 heavy (non-hydrogen) atoms. The zero-order valence-electron chi connectivity index (χ0n) is 19.8.